The number of anilines is 1. The molecule has 0 fully saturated rings. The molecular formula is C15H18N2O4. The first kappa shape index (κ1) is 16.4. The summed E-state index contributed by atoms with van der Waals surface area (Å²) in [7, 11) is 1.44. The molecule has 0 aliphatic heterocycles. The van der Waals surface area contributed by atoms with Crippen molar-refractivity contribution < 1.29 is 19.4 Å². The van der Waals surface area contributed by atoms with Gasteiger partial charge in [-0.25, -0.2) is 9.59 Å². The number of hydrogen-bond donors (Lipinski definition) is 2. The highest BCUT2D eigenvalue weighted by atomic mass is 16.5. The molecule has 0 aliphatic rings. The maximum atomic E-state index is 12.2. The van der Waals surface area contributed by atoms with Crippen molar-refractivity contribution in [3.8, 4) is 18.1 Å². The van der Waals surface area contributed by atoms with Crippen molar-refractivity contribution in [2.45, 2.75) is 13.3 Å². The molecular weight excluding hydrogens is 272 g/mol. The Morgan fingerprint density at radius 2 is 2.19 bits per heavy atom. The number of nitrogens with one attached hydrogen (secondary N) is 1. The van der Waals surface area contributed by atoms with E-state index in [0.717, 1.165) is 6.42 Å². The largest absolute Gasteiger partial charge is 0.495 e. The lowest BCUT2D eigenvalue weighted by Crippen LogP contribution is -2.36. The van der Waals surface area contributed by atoms with E-state index in [9.17, 15) is 9.59 Å². The van der Waals surface area contributed by atoms with Crippen LogP contribution in [0.25, 0.3) is 0 Å². The predicted octanol–water partition coefficient (Wildman–Crippen LogP) is 2.27. The van der Waals surface area contributed by atoms with Gasteiger partial charge in [0.2, 0.25) is 0 Å². The Balaban J connectivity index is 2.99. The Kier molecular flexibility index (Phi) is 6.08. The molecule has 1 aromatic carbocycles. The molecule has 2 amide bonds. The number of terminal acetylenes is 1. The minimum absolute atomic E-state index is 0.0603. The van der Waals surface area contributed by atoms with Crippen molar-refractivity contribution in [1.29, 1.82) is 0 Å². The molecule has 0 spiro atoms. The predicted molar refractivity (Wildman–Crippen MR) is 79.7 cm³/mol. The standard InChI is InChI=1S/C15H18N2O4/c1-4-8-17(9-5-2)15(20)16-12-10-11(14(18)19)6-7-13(12)21-3/h1,6-7,10H,5,8-9H2,2-3H3,(H,16,20)(H,18,19). The maximum Gasteiger partial charge on any atom is 0.335 e. The number of aromatic carboxylic acids is 1. The second-order valence-corrected chi connectivity index (χ2v) is 4.28. The van der Waals surface area contributed by atoms with Gasteiger partial charge < -0.3 is 20.1 Å². The van der Waals surface area contributed by atoms with E-state index in [1.807, 2.05) is 6.92 Å². The highest BCUT2D eigenvalue weighted by Crippen LogP contribution is 2.25. The molecule has 0 aromatic heterocycles. The van der Waals surface area contributed by atoms with Crippen LogP contribution in [-0.4, -0.2) is 42.2 Å². The van der Waals surface area contributed by atoms with Crippen LogP contribution < -0.4 is 10.1 Å². The second-order valence-electron chi connectivity index (χ2n) is 4.28. The van der Waals surface area contributed by atoms with E-state index in [0.29, 0.717) is 18.0 Å². The lowest BCUT2D eigenvalue weighted by molar-refractivity contribution is 0.0697. The minimum Gasteiger partial charge on any atom is -0.495 e. The number of rotatable bonds is 6. The number of ether oxygens (including phenoxy) is 1. The Labute approximate surface area is 123 Å². The number of benzene rings is 1. The first-order valence-corrected chi connectivity index (χ1v) is 6.44. The van der Waals surface area contributed by atoms with Gasteiger partial charge in [0.1, 0.15) is 5.75 Å². The number of urea groups is 1. The summed E-state index contributed by atoms with van der Waals surface area (Å²) in [4.78, 5) is 24.6. The lowest BCUT2D eigenvalue weighted by atomic mass is 10.2. The van der Waals surface area contributed by atoms with Gasteiger partial charge in [0.25, 0.3) is 0 Å². The molecule has 2 N–H and O–H groups in total. The molecule has 0 radical (unpaired) electrons. The summed E-state index contributed by atoms with van der Waals surface area (Å²) in [5.41, 5.74) is 0.352. The van der Waals surface area contributed by atoms with Crippen LogP contribution in [-0.2, 0) is 0 Å². The van der Waals surface area contributed by atoms with E-state index < -0.39 is 12.0 Å². The number of carbonyl (C=O) groups is 2. The molecule has 0 heterocycles. The molecule has 0 aliphatic carbocycles. The van der Waals surface area contributed by atoms with Gasteiger partial charge >= 0.3 is 12.0 Å². The first-order valence-electron chi connectivity index (χ1n) is 6.44. The molecule has 0 saturated heterocycles. The fraction of sp³-hybridized carbons (Fsp3) is 0.333. The monoisotopic (exact) mass is 290 g/mol. The van der Waals surface area contributed by atoms with Crippen molar-refractivity contribution in [3.63, 3.8) is 0 Å². The van der Waals surface area contributed by atoms with Crippen LogP contribution in [0.1, 0.15) is 23.7 Å². The fourth-order valence-electron chi connectivity index (χ4n) is 1.77. The van der Waals surface area contributed by atoms with Gasteiger partial charge in [-0.2, -0.15) is 0 Å². The van der Waals surface area contributed by atoms with Crippen molar-refractivity contribution >= 4 is 17.7 Å². The zero-order chi connectivity index (χ0) is 15.8. The van der Waals surface area contributed by atoms with E-state index in [-0.39, 0.29) is 12.1 Å². The minimum atomic E-state index is -1.08. The SMILES string of the molecule is C#CCN(CCC)C(=O)Nc1cc(C(=O)O)ccc1OC. The molecule has 0 bridgehead atoms. The number of carbonyl (C=O) groups excluding carboxylic acids is 1. The van der Waals surface area contributed by atoms with Crippen molar-refractivity contribution in [3.05, 3.63) is 23.8 Å². The fourth-order valence-corrected chi connectivity index (χ4v) is 1.77. The average Bonchev–Trinajstić information content (AvgIpc) is 2.46. The topological polar surface area (TPSA) is 78.9 Å². The smallest absolute Gasteiger partial charge is 0.335 e. The van der Waals surface area contributed by atoms with Crippen molar-refractivity contribution in [2.24, 2.45) is 0 Å². The summed E-state index contributed by atoms with van der Waals surface area (Å²) in [5, 5.41) is 11.6. The number of carboxylic acids is 1. The van der Waals surface area contributed by atoms with Crippen molar-refractivity contribution in [1.82, 2.24) is 4.90 Å². The average molecular weight is 290 g/mol. The van der Waals surface area contributed by atoms with E-state index in [4.69, 9.17) is 16.3 Å². The third-order valence-corrected chi connectivity index (χ3v) is 2.75. The third-order valence-electron chi connectivity index (χ3n) is 2.75. The molecule has 6 nitrogen and oxygen atoms in total. The number of carboxylic acid groups (broad SMARTS) is 1. The van der Waals surface area contributed by atoms with Crippen LogP contribution in [0.3, 0.4) is 0 Å². The van der Waals surface area contributed by atoms with Gasteiger partial charge in [-0.05, 0) is 24.6 Å². The summed E-state index contributed by atoms with van der Waals surface area (Å²) in [6, 6.07) is 3.85. The van der Waals surface area contributed by atoms with E-state index in [1.165, 1.54) is 30.2 Å². The quantitative estimate of drug-likeness (QED) is 0.788. The summed E-state index contributed by atoms with van der Waals surface area (Å²) in [5.74, 6) is 1.72. The Bertz CT molecular complexity index is 563. The zero-order valence-corrected chi connectivity index (χ0v) is 12.0. The van der Waals surface area contributed by atoms with Crippen molar-refractivity contribution in [2.75, 3.05) is 25.5 Å². The molecule has 1 aromatic rings. The summed E-state index contributed by atoms with van der Waals surface area (Å²) >= 11 is 0. The van der Waals surface area contributed by atoms with Crippen LogP contribution in [0, 0.1) is 12.3 Å². The molecule has 0 atom stereocenters. The molecule has 0 saturated carbocycles. The Morgan fingerprint density at radius 3 is 2.71 bits per heavy atom. The van der Waals surface area contributed by atoms with Crippen LogP contribution >= 0.6 is 0 Å². The van der Waals surface area contributed by atoms with Gasteiger partial charge in [-0.1, -0.05) is 12.8 Å². The zero-order valence-electron chi connectivity index (χ0n) is 12.0. The van der Waals surface area contributed by atoms with Crippen LogP contribution in [0.4, 0.5) is 10.5 Å². The number of hydrogen-bond acceptors (Lipinski definition) is 3. The summed E-state index contributed by atoms with van der Waals surface area (Å²) < 4.78 is 5.11. The lowest BCUT2D eigenvalue weighted by Gasteiger charge is -2.21. The molecule has 6 heteroatoms. The molecule has 1 rings (SSSR count). The van der Waals surface area contributed by atoms with Gasteiger partial charge in [0.05, 0.1) is 24.9 Å². The molecule has 21 heavy (non-hydrogen) atoms. The highest BCUT2D eigenvalue weighted by molar-refractivity contribution is 5.94. The third kappa shape index (κ3) is 4.42. The number of nitrogens with zero attached hydrogens (tertiary/aromatic N) is 1. The van der Waals surface area contributed by atoms with Gasteiger partial charge in [0.15, 0.2) is 0 Å². The first-order chi connectivity index (χ1) is 10.0. The van der Waals surface area contributed by atoms with Gasteiger partial charge in [0, 0.05) is 6.54 Å². The normalized spacial score (nSPS) is 9.57. The second kappa shape index (κ2) is 7.80. The van der Waals surface area contributed by atoms with E-state index >= 15 is 0 Å². The van der Waals surface area contributed by atoms with Crippen LogP contribution in [0.5, 0.6) is 5.75 Å². The van der Waals surface area contributed by atoms with E-state index in [2.05, 4.69) is 11.2 Å². The Morgan fingerprint density at radius 1 is 1.48 bits per heavy atom. The van der Waals surface area contributed by atoms with Gasteiger partial charge in [-0.3, -0.25) is 0 Å². The summed E-state index contributed by atoms with van der Waals surface area (Å²) in [6.07, 6.45) is 6.00. The molecule has 0 unspecified atom stereocenters. The maximum absolute atomic E-state index is 12.2. The van der Waals surface area contributed by atoms with Crippen LogP contribution in [0.15, 0.2) is 18.2 Å². The van der Waals surface area contributed by atoms with Gasteiger partial charge in [-0.15, -0.1) is 6.42 Å². The van der Waals surface area contributed by atoms with E-state index in [1.54, 1.807) is 0 Å². The Hall–Kier alpha value is -2.68. The number of amides is 2. The molecule has 112 valence electrons. The highest BCUT2D eigenvalue weighted by Gasteiger charge is 2.15. The number of methoxy groups -OCH3 is 1. The van der Waals surface area contributed by atoms with Crippen LogP contribution in [0.2, 0.25) is 0 Å². The summed E-state index contributed by atoms with van der Waals surface area (Å²) in [6.45, 7) is 2.63.